The molecular formula is C10H14ClNO. The van der Waals surface area contributed by atoms with Gasteiger partial charge < -0.3 is 10.1 Å². The highest BCUT2D eigenvalue weighted by Gasteiger charge is 2.18. The molecule has 0 amide bonds. The molecule has 1 saturated heterocycles. The van der Waals surface area contributed by atoms with E-state index >= 15 is 0 Å². The van der Waals surface area contributed by atoms with Gasteiger partial charge in [0, 0.05) is 13.1 Å². The Labute approximate surface area is 84.7 Å². The third-order valence-corrected chi connectivity index (χ3v) is 2.13. The monoisotopic (exact) mass is 199 g/mol. The molecule has 13 heavy (non-hydrogen) atoms. The van der Waals surface area contributed by atoms with Crippen molar-refractivity contribution < 1.29 is 4.74 Å². The second-order valence-electron chi connectivity index (χ2n) is 3.16. The maximum atomic E-state index is 5.72. The first-order chi connectivity index (χ1) is 5.86. The van der Waals surface area contributed by atoms with Crippen molar-refractivity contribution in [1.82, 2.24) is 5.32 Å². The first-order valence-corrected chi connectivity index (χ1v) is 4.29. The largest absolute Gasteiger partial charge is 0.488 e. The fourth-order valence-electron chi connectivity index (χ4n) is 1.21. The molecular weight excluding hydrogens is 186 g/mol. The molecule has 1 aromatic rings. The molecule has 1 N–H and O–H groups in total. The number of hydrogen-bond donors (Lipinski definition) is 1. The lowest BCUT2D eigenvalue weighted by Gasteiger charge is -2.28. The van der Waals surface area contributed by atoms with Crippen molar-refractivity contribution in [3.8, 4) is 5.75 Å². The summed E-state index contributed by atoms with van der Waals surface area (Å²) >= 11 is 0. The van der Waals surface area contributed by atoms with Crippen LogP contribution in [0.3, 0.4) is 0 Å². The second-order valence-corrected chi connectivity index (χ2v) is 3.16. The van der Waals surface area contributed by atoms with Gasteiger partial charge in [-0.25, -0.2) is 0 Å². The molecule has 3 heteroatoms. The first-order valence-electron chi connectivity index (χ1n) is 4.29. The van der Waals surface area contributed by atoms with Crippen molar-refractivity contribution in [3.63, 3.8) is 0 Å². The molecule has 0 atom stereocenters. The predicted molar refractivity (Wildman–Crippen MR) is 55.7 cm³/mol. The maximum absolute atomic E-state index is 5.72. The summed E-state index contributed by atoms with van der Waals surface area (Å²) in [4.78, 5) is 0. The average Bonchev–Trinajstić information content (AvgIpc) is 2.00. The average molecular weight is 200 g/mol. The Hall–Kier alpha value is -0.730. The summed E-state index contributed by atoms with van der Waals surface area (Å²) in [6.45, 7) is 4.03. The number of hydrogen-bond acceptors (Lipinski definition) is 2. The minimum absolute atomic E-state index is 0. The van der Waals surface area contributed by atoms with E-state index in [1.807, 2.05) is 18.2 Å². The van der Waals surface area contributed by atoms with Crippen LogP contribution in [-0.4, -0.2) is 19.2 Å². The molecule has 0 unspecified atom stereocenters. The van der Waals surface area contributed by atoms with E-state index in [1.54, 1.807) is 0 Å². The maximum Gasteiger partial charge on any atom is 0.123 e. The first kappa shape index (κ1) is 10.4. The number of nitrogens with one attached hydrogen (secondary N) is 1. The van der Waals surface area contributed by atoms with Crippen LogP contribution in [0.2, 0.25) is 0 Å². The number of aryl methyl sites for hydroxylation is 1. The molecule has 0 saturated carbocycles. The molecule has 1 aliphatic rings. The molecule has 1 fully saturated rings. The number of benzene rings is 1. The van der Waals surface area contributed by atoms with Crippen LogP contribution in [0.1, 0.15) is 5.56 Å². The topological polar surface area (TPSA) is 21.3 Å². The Morgan fingerprint density at radius 2 is 2.00 bits per heavy atom. The zero-order valence-electron chi connectivity index (χ0n) is 7.62. The van der Waals surface area contributed by atoms with Gasteiger partial charge in [0.05, 0.1) is 0 Å². The van der Waals surface area contributed by atoms with E-state index in [-0.39, 0.29) is 12.4 Å². The minimum atomic E-state index is 0. The predicted octanol–water partition coefficient (Wildman–Crippen LogP) is 1.77. The van der Waals surface area contributed by atoms with Crippen molar-refractivity contribution in [2.24, 2.45) is 0 Å². The summed E-state index contributed by atoms with van der Waals surface area (Å²) in [6, 6.07) is 8.13. The molecule has 72 valence electrons. The van der Waals surface area contributed by atoms with Gasteiger partial charge in [0.2, 0.25) is 0 Å². The molecule has 1 aliphatic heterocycles. The van der Waals surface area contributed by atoms with E-state index in [9.17, 15) is 0 Å². The molecule has 0 bridgehead atoms. The van der Waals surface area contributed by atoms with Crippen molar-refractivity contribution in [1.29, 1.82) is 0 Å². The Morgan fingerprint density at radius 3 is 2.54 bits per heavy atom. The zero-order chi connectivity index (χ0) is 8.39. The fourth-order valence-corrected chi connectivity index (χ4v) is 1.21. The summed E-state index contributed by atoms with van der Waals surface area (Å²) in [5.41, 5.74) is 1.21. The molecule has 0 spiro atoms. The van der Waals surface area contributed by atoms with Gasteiger partial charge in [-0.15, -0.1) is 12.4 Å². The van der Waals surface area contributed by atoms with E-state index in [0.29, 0.717) is 6.10 Å². The van der Waals surface area contributed by atoms with Gasteiger partial charge in [-0.1, -0.05) is 18.2 Å². The van der Waals surface area contributed by atoms with Crippen molar-refractivity contribution in [2.45, 2.75) is 13.0 Å². The zero-order valence-corrected chi connectivity index (χ0v) is 8.43. The van der Waals surface area contributed by atoms with Crippen molar-refractivity contribution in [2.75, 3.05) is 13.1 Å². The highest BCUT2D eigenvalue weighted by molar-refractivity contribution is 5.85. The van der Waals surface area contributed by atoms with Crippen LogP contribution >= 0.6 is 12.4 Å². The van der Waals surface area contributed by atoms with Crippen LogP contribution < -0.4 is 10.1 Å². The number of ether oxygens (including phenoxy) is 1. The van der Waals surface area contributed by atoms with E-state index in [1.165, 1.54) is 5.56 Å². The quantitative estimate of drug-likeness (QED) is 0.784. The molecule has 0 aliphatic carbocycles. The van der Waals surface area contributed by atoms with Crippen molar-refractivity contribution in [3.05, 3.63) is 29.8 Å². The van der Waals surface area contributed by atoms with Gasteiger partial charge in [-0.2, -0.15) is 0 Å². The Balaban J connectivity index is 0.000000845. The van der Waals surface area contributed by atoms with Crippen LogP contribution in [0.25, 0.3) is 0 Å². The second kappa shape index (κ2) is 4.49. The van der Waals surface area contributed by atoms with E-state index in [4.69, 9.17) is 4.74 Å². The van der Waals surface area contributed by atoms with Crippen LogP contribution in [0, 0.1) is 6.92 Å². The van der Waals surface area contributed by atoms with Crippen LogP contribution in [-0.2, 0) is 0 Å². The third-order valence-electron chi connectivity index (χ3n) is 2.13. The number of para-hydroxylation sites is 1. The third kappa shape index (κ3) is 2.36. The van der Waals surface area contributed by atoms with E-state index < -0.39 is 0 Å². The van der Waals surface area contributed by atoms with Crippen LogP contribution in [0.5, 0.6) is 5.75 Å². The molecule has 0 aromatic heterocycles. The molecule has 0 radical (unpaired) electrons. The van der Waals surface area contributed by atoms with Gasteiger partial charge >= 0.3 is 0 Å². The molecule has 1 heterocycles. The van der Waals surface area contributed by atoms with Gasteiger partial charge in [-0.3, -0.25) is 0 Å². The van der Waals surface area contributed by atoms with Gasteiger partial charge in [0.15, 0.2) is 0 Å². The Kier molecular flexibility index (Phi) is 3.58. The van der Waals surface area contributed by atoms with Gasteiger partial charge in [-0.05, 0) is 18.6 Å². The molecule has 2 nitrogen and oxygen atoms in total. The summed E-state index contributed by atoms with van der Waals surface area (Å²) in [7, 11) is 0. The lowest BCUT2D eigenvalue weighted by atomic mass is 10.2. The fraction of sp³-hybridized carbons (Fsp3) is 0.400. The summed E-state index contributed by atoms with van der Waals surface area (Å²) in [6.07, 6.45) is 0.381. The van der Waals surface area contributed by atoms with E-state index in [0.717, 1.165) is 18.8 Å². The lowest BCUT2D eigenvalue weighted by molar-refractivity contribution is 0.141. The summed E-state index contributed by atoms with van der Waals surface area (Å²) < 4.78 is 5.72. The highest BCUT2D eigenvalue weighted by atomic mass is 35.5. The van der Waals surface area contributed by atoms with E-state index in [2.05, 4.69) is 18.3 Å². The summed E-state index contributed by atoms with van der Waals surface area (Å²) in [5.74, 6) is 1.02. The molecule has 1 aromatic carbocycles. The standard InChI is InChI=1S/C10H13NO.ClH/c1-8-4-2-3-5-10(8)12-9-6-11-7-9;/h2-5,9,11H,6-7H2,1H3;1H. The van der Waals surface area contributed by atoms with Crippen molar-refractivity contribution >= 4 is 12.4 Å². The van der Waals surface area contributed by atoms with Crippen LogP contribution in [0.4, 0.5) is 0 Å². The van der Waals surface area contributed by atoms with Gasteiger partial charge in [0.1, 0.15) is 11.9 Å². The SMILES string of the molecule is Cc1ccccc1OC1CNC1.Cl. The smallest absolute Gasteiger partial charge is 0.123 e. The highest BCUT2D eigenvalue weighted by Crippen LogP contribution is 2.18. The number of rotatable bonds is 2. The lowest BCUT2D eigenvalue weighted by Crippen LogP contribution is -2.50. The van der Waals surface area contributed by atoms with Crippen LogP contribution in [0.15, 0.2) is 24.3 Å². The summed E-state index contributed by atoms with van der Waals surface area (Å²) in [5, 5.41) is 3.18. The van der Waals surface area contributed by atoms with Gasteiger partial charge in [0.25, 0.3) is 0 Å². The minimum Gasteiger partial charge on any atom is -0.488 e. The Bertz CT molecular complexity index is 273. The number of halogens is 1. The Morgan fingerprint density at radius 1 is 1.31 bits per heavy atom. The molecule has 2 rings (SSSR count). The normalized spacial score (nSPS) is 15.8.